The summed E-state index contributed by atoms with van der Waals surface area (Å²) in [5.74, 6) is 0. The van der Waals surface area contributed by atoms with Gasteiger partial charge in [-0.1, -0.05) is 146 Å². The monoisotopic (exact) mass is 458 g/mol. The van der Waals surface area contributed by atoms with Gasteiger partial charge in [0.2, 0.25) is 0 Å². The molecule has 0 N–H and O–H groups in total. The molecule has 0 atom stereocenters. The first-order valence-corrected chi connectivity index (χ1v) is 12.4. The molecule has 0 nitrogen and oxygen atoms in total. The van der Waals surface area contributed by atoms with E-state index in [9.17, 15) is 0 Å². The number of benzene rings is 2. The highest BCUT2D eigenvalue weighted by atomic mass is 14.2. The topological polar surface area (TPSA) is 0 Å². The van der Waals surface area contributed by atoms with Crippen LogP contribution in [0, 0.1) is 0 Å². The third-order valence-corrected chi connectivity index (χ3v) is 6.68. The zero-order valence-corrected chi connectivity index (χ0v) is 20.0. The van der Waals surface area contributed by atoms with E-state index < -0.39 is 0 Å². The summed E-state index contributed by atoms with van der Waals surface area (Å²) in [5.41, 5.74) is 12.5. The van der Waals surface area contributed by atoms with Gasteiger partial charge < -0.3 is 0 Å². The molecule has 4 aliphatic carbocycles. The Morgan fingerprint density at radius 3 is 1.00 bits per heavy atom. The van der Waals surface area contributed by atoms with Crippen LogP contribution in [0.3, 0.4) is 0 Å². The van der Waals surface area contributed by atoms with Gasteiger partial charge in [0.25, 0.3) is 0 Å². The highest BCUT2D eigenvalue weighted by Gasteiger charge is 2.20. The van der Waals surface area contributed by atoms with Gasteiger partial charge in [-0.15, -0.1) is 0 Å². The lowest BCUT2D eigenvalue weighted by Gasteiger charge is -2.03. The third kappa shape index (κ3) is 4.37. The molecule has 0 spiro atoms. The Balaban J connectivity index is 1.50. The summed E-state index contributed by atoms with van der Waals surface area (Å²) in [7, 11) is 0. The number of hydrogen-bond donors (Lipinski definition) is 0. The lowest BCUT2D eigenvalue weighted by atomic mass is 10.00. The van der Waals surface area contributed by atoms with Gasteiger partial charge in [0, 0.05) is 0 Å². The molecule has 0 unspecified atom stereocenters. The van der Waals surface area contributed by atoms with Crippen molar-refractivity contribution in [3.63, 3.8) is 0 Å². The minimum atomic E-state index is 1.20. The zero-order chi connectivity index (χ0) is 24.2. The van der Waals surface area contributed by atoms with E-state index >= 15 is 0 Å². The third-order valence-electron chi connectivity index (χ3n) is 6.68. The van der Waals surface area contributed by atoms with Crippen LogP contribution in [-0.2, 0) is 0 Å². The molecule has 0 saturated heterocycles. The molecule has 2 aromatic carbocycles. The molecule has 0 saturated carbocycles. The molecule has 6 rings (SSSR count). The molecule has 0 fully saturated rings. The Morgan fingerprint density at radius 1 is 0.278 bits per heavy atom. The van der Waals surface area contributed by atoms with Gasteiger partial charge in [0.15, 0.2) is 0 Å². The van der Waals surface area contributed by atoms with Crippen LogP contribution in [0.5, 0.6) is 0 Å². The van der Waals surface area contributed by atoms with Crippen molar-refractivity contribution in [2.75, 3.05) is 0 Å². The second kappa shape index (κ2) is 9.90. The van der Waals surface area contributed by atoms with Crippen molar-refractivity contribution < 1.29 is 0 Å². The molecule has 4 aliphatic rings. The molecule has 0 aromatic heterocycles. The van der Waals surface area contributed by atoms with Crippen LogP contribution in [0.15, 0.2) is 133 Å². The van der Waals surface area contributed by atoms with Crippen molar-refractivity contribution in [2.45, 2.75) is 0 Å². The lowest BCUT2D eigenvalue weighted by molar-refractivity contribution is 1.66. The van der Waals surface area contributed by atoms with Crippen LogP contribution in [0.4, 0.5) is 0 Å². The Labute approximate surface area is 213 Å². The largest absolute Gasteiger partial charge is 0.0622 e. The summed E-state index contributed by atoms with van der Waals surface area (Å²) < 4.78 is 0. The first kappa shape index (κ1) is 21.8. The van der Waals surface area contributed by atoms with Crippen LogP contribution in [0.1, 0.15) is 22.3 Å². The van der Waals surface area contributed by atoms with Crippen molar-refractivity contribution in [3.8, 4) is 33.4 Å². The second-order valence-electron chi connectivity index (χ2n) is 8.99. The normalized spacial score (nSPS) is 11.7. The fourth-order valence-corrected chi connectivity index (χ4v) is 4.91. The van der Waals surface area contributed by atoms with E-state index in [4.69, 9.17) is 0 Å². The summed E-state index contributed by atoms with van der Waals surface area (Å²) in [6.07, 6.45) is 8.87. The number of rotatable bonds is 5. The maximum Gasteiger partial charge on any atom is -0.00926 e. The Hall–Kier alpha value is -4.68. The standard InChI is InChI=1S/C36H26/c1-5-13-27(14-6-1)21-23-29-25-35(33-19-11-3-9-17-31(29)33)36-26-30(24-22-28-15-7-2-8-16-28)32-18-10-4-12-20-34(32)36/h1-26H. The minimum absolute atomic E-state index is 1.20. The first-order chi connectivity index (χ1) is 17.9. The van der Waals surface area contributed by atoms with Crippen LogP contribution < -0.4 is 0 Å². The van der Waals surface area contributed by atoms with Gasteiger partial charge in [0.05, 0.1) is 0 Å². The van der Waals surface area contributed by atoms with E-state index in [-0.39, 0.29) is 0 Å². The van der Waals surface area contributed by atoms with Crippen molar-refractivity contribution in [3.05, 3.63) is 156 Å². The molecule has 2 aromatic rings. The molecular weight excluding hydrogens is 432 g/mol. The SMILES string of the molecule is C(=Cc1cc(-c2cc(C=Cc3ccccc3)c3cccccc2-3)c2cccccc1-2)c1ccccc1. The molecule has 0 heteroatoms. The van der Waals surface area contributed by atoms with E-state index in [0.717, 1.165) is 0 Å². The second-order valence-corrected chi connectivity index (χ2v) is 8.99. The first-order valence-electron chi connectivity index (χ1n) is 12.4. The molecule has 0 heterocycles. The smallest absolute Gasteiger partial charge is 0.00926 e. The van der Waals surface area contributed by atoms with Gasteiger partial charge >= 0.3 is 0 Å². The van der Waals surface area contributed by atoms with E-state index in [1.807, 2.05) is 0 Å². The minimum Gasteiger partial charge on any atom is -0.0622 e. The Morgan fingerprint density at radius 2 is 0.611 bits per heavy atom. The maximum absolute atomic E-state index is 2.34. The fourth-order valence-electron chi connectivity index (χ4n) is 4.91. The predicted molar refractivity (Wildman–Crippen MR) is 156 cm³/mol. The predicted octanol–water partition coefficient (Wildman–Crippen LogP) is 9.90. The number of fused-ring (bicyclic) bond motifs is 2. The van der Waals surface area contributed by atoms with E-state index in [1.165, 1.54) is 55.6 Å². The molecule has 0 bridgehead atoms. The van der Waals surface area contributed by atoms with Crippen LogP contribution in [0.25, 0.3) is 57.7 Å². The van der Waals surface area contributed by atoms with Crippen molar-refractivity contribution in [2.24, 2.45) is 0 Å². The van der Waals surface area contributed by atoms with Crippen LogP contribution >= 0.6 is 0 Å². The molecule has 0 aliphatic heterocycles. The van der Waals surface area contributed by atoms with Crippen molar-refractivity contribution in [1.82, 2.24) is 0 Å². The zero-order valence-electron chi connectivity index (χ0n) is 20.0. The van der Waals surface area contributed by atoms with Crippen LogP contribution in [0.2, 0.25) is 0 Å². The summed E-state index contributed by atoms with van der Waals surface area (Å²) in [6, 6.07) is 47.3. The average molecular weight is 459 g/mol. The van der Waals surface area contributed by atoms with E-state index in [2.05, 4.69) is 158 Å². The molecule has 170 valence electrons. The van der Waals surface area contributed by atoms with Gasteiger partial charge in [-0.05, 0) is 67.8 Å². The average Bonchev–Trinajstić information content (AvgIpc) is 3.18. The summed E-state index contributed by atoms with van der Waals surface area (Å²) in [5, 5.41) is 0. The fraction of sp³-hybridized carbons (Fsp3) is 0. The van der Waals surface area contributed by atoms with E-state index in [0.29, 0.717) is 0 Å². The van der Waals surface area contributed by atoms with Crippen molar-refractivity contribution >= 4 is 24.3 Å². The van der Waals surface area contributed by atoms with Gasteiger partial charge in [-0.3, -0.25) is 0 Å². The lowest BCUT2D eigenvalue weighted by Crippen LogP contribution is -1.77. The highest BCUT2D eigenvalue weighted by molar-refractivity contribution is 6.02. The van der Waals surface area contributed by atoms with Crippen LogP contribution in [-0.4, -0.2) is 0 Å². The molecule has 36 heavy (non-hydrogen) atoms. The highest BCUT2D eigenvalue weighted by Crippen LogP contribution is 2.46. The molecule has 0 radical (unpaired) electrons. The van der Waals surface area contributed by atoms with Gasteiger partial charge in [-0.2, -0.15) is 0 Å². The van der Waals surface area contributed by atoms with E-state index in [1.54, 1.807) is 0 Å². The molecule has 0 amide bonds. The molecular formula is C36H26. The quantitative estimate of drug-likeness (QED) is 0.241. The Bertz CT molecular complexity index is 1480. The van der Waals surface area contributed by atoms with Gasteiger partial charge in [-0.25, -0.2) is 0 Å². The maximum atomic E-state index is 2.34. The van der Waals surface area contributed by atoms with Crippen molar-refractivity contribution in [1.29, 1.82) is 0 Å². The Kier molecular flexibility index (Phi) is 6.00. The van der Waals surface area contributed by atoms with Gasteiger partial charge in [0.1, 0.15) is 0 Å². The summed E-state index contributed by atoms with van der Waals surface area (Å²) in [6.45, 7) is 0. The summed E-state index contributed by atoms with van der Waals surface area (Å²) >= 11 is 0. The summed E-state index contributed by atoms with van der Waals surface area (Å²) in [4.78, 5) is 0. The number of hydrogen-bond acceptors (Lipinski definition) is 0.